The Labute approximate surface area is 108 Å². The number of hydrogen-bond acceptors (Lipinski definition) is 3. The minimum absolute atomic E-state index is 0.226. The summed E-state index contributed by atoms with van der Waals surface area (Å²) in [5, 5.41) is 13.1. The van der Waals surface area contributed by atoms with E-state index in [0.717, 1.165) is 10.1 Å². The molecule has 90 valence electrons. The van der Waals surface area contributed by atoms with Crippen LogP contribution in [0.4, 0.5) is 0 Å². The molecule has 2 rings (SSSR count). The first-order valence-electron chi connectivity index (χ1n) is 5.23. The third kappa shape index (κ3) is 2.60. The molecule has 1 aromatic heterocycles. The van der Waals surface area contributed by atoms with Crippen LogP contribution < -0.4 is 5.32 Å². The molecule has 0 aliphatic heterocycles. The SMILES string of the molecule is CC(O)CNC(=O)c1sc2ccccc2c1Cl. The summed E-state index contributed by atoms with van der Waals surface area (Å²) < 4.78 is 0.986. The fourth-order valence-corrected chi connectivity index (χ4v) is 2.91. The number of nitrogens with one attached hydrogen (secondary N) is 1. The summed E-state index contributed by atoms with van der Waals surface area (Å²) in [6, 6.07) is 7.61. The summed E-state index contributed by atoms with van der Waals surface area (Å²) >= 11 is 7.51. The van der Waals surface area contributed by atoms with Gasteiger partial charge in [0.25, 0.3) is 5.91 Å². The Morgan fingerprint density at radius 1 is 1.53 bits per heavy atom. The molecule has 1 heterocycles. The molecule has 0 spiro atoms. The zero-order valence-corrected chi connectivity index (χ0v) is 10.8. The zero-order chi connectivity index (χ0) is 12.4. The van der Waals surface area contributed by atoms with Crippen molar-refractivity contribution in [1.29, 1.82) is 0 Å². The highest BCUT2D eigenvalue weighted by Gasteiger charge is 2.16. The van der Waals surface area contributed by atoms with Gasteiger partial charge in [-0.05, 0) is 13.0 Å². The summed E-state index contributed by atoms with van der Waals surface area (Å²) in [7, 11) is 0. The van der Waals surface area contributed by atoms with Crippen molar-refractivity contribution in [1.82, 2.24) is 5.32 Å². The summed E-state index contributed by atoms with van der Waals surface area (Å²) in [5.41, 5.74) is 0. The van der Waals surface area contributed by atoms with Crippen LogP contribution in [0.15, 0.2) is 24.3 Å². The molecule has 0 saturated heterocycles. The van der Waals surface area contributed by atoms with E-state index in [9.17, 15) is 4.79 Å². The van der Waals surface area contributed by atoms with Crippen LogP contribution in [0.1, 0.15) is 16.6 Å². The van der Waals surface area contributed by atoms with Gasteiger partial charge in [0.05, 0.1) is 11.1 Å². The first-order chi connectivity index (χ1) is 8.09. The molecule has 5 heteroatoms. The van der Waals surface area contributed by atoms with Gasteiger partial charge in [-0.1, -0.05) is 29.8 Å². The number of rotatable bonds is 3. The van der Waals surface area contributed by atoms with Gasteiger partial charge >= 0.3 is 0 Å². The quantitative estimate of drug-likeness (QED) is 0.900. The molecule has 17 heavy (non-hydrogen) atoms. The van der Waals surface area contributed by atoms with Crippen molar-refractivity contribution in [3.05, 3.63) is 34.2 Å². The number of thiophene rings is 1. The number of aliphatic hydroxyl groups excluding tert-OH is 1. The van der Waals surface area contributed by atoms with Crippen LogP contribution >= 0.6 is 22.9 Å². The first-order valence-corrected chi connectivity index (χ1v) is 6.42. The Hall–Kier alpha value is -1.10. The van der Waals surface area contributed by atoms with Crippen molar-refractivity contribution in [2.75, 3.05) is 6.54 Å². The maximum absolute atomic E-state index is 11.8. The number of benzene rings is 1. The van der Waals surface area contributed by atoms with Crippen LogP contribution in [0, 0.1) is 0 Å². The maximum Gasteiger partial charge on any atom is 0.263 e. The number of hydrogen-bond donors (Lipinski definition) is 2. The molecule has 1 atom stereocenters. The van der Waals surface area contributed by atoms with Crippen molar-refractivity contribution in [2.45, 2.75) is 13.0 Å². The highest BCUT2D eigenvalue weighted by molar-refractivity contribution is 7.21. The van der Waals surface area contributed by atoms with E-state index in [1.807, 2.05) is 24.3 Å². The smallest absolute Gasteiger partial charge is 0.263 e. The maximum atomic E-state index is 11.8. The molecule has 0 radical (unpaired) electrons. The molecular formula is C12H12ClNO2S. The van der Waals surface area contributed by atoms with E-state index in [4.69, 9.17) is 16.7 Å². The molecule has 0 aliphatic rings. The van der Waals surface area contributed by atoms with Crippen LogP contribution in [0.2, 0.25) is 5.02 Å². The molecule has 0 fully saturated rings. The first kappa shape index (κ1) is 12.4. The second kappa shape index (κ2) is 5.04. The number of carbonyl (C=O) groups is 1. The lowest BCUT2D eigenvalue weighted by atomic mass is 10.2. The van der Waals surface area contributed by atoms with E-state index in [1.54, 1.807) is 6.92 Å². The number of fused-ring (bicyclic) bond motifs is 1. The molecular weight excluding hydrogens is 258 g/mol. The molecule has 1 aromatic carbocycles. The Kier molecular flexibility index (Phi) is 3.66. The summed E-state index contributed by atoms with van der Waals surface area (Å²) in [6.45, 7) is 1.84. The Bertz CT molecular complexity index is 550. The summed E-state index contributed by atoms with van der Waals surface area (Å²) in [5.74, 6) is -0.239. The van der Waals surface area contributed by atoms with E-state index in [2.05, 4.69) is 5.32 Å². The van der Waals surface area contributed by atoms with Crippen LogP contribution in [0.3, 0.4) is 0 Å². The predicted octanol–water partition coefficient (Wildman–Crippen LogP) is 2.67. The lowest BCUT2D eigenvalue weighted by Crippen LogP contribution is -2.30. The Morgan fingerprint density at radius 3 is 2.88 bits per heavy atom. The molecule has 0 bridgehead atoms. The van der Waals surface area contributed by atoms with Gasteiger partial charge in [0, 0.05) is 16.6 Å². The second-order valence-electron chi connectivity index (χ2n) is 3.80. The van der Waals surface area contributed by atoms with E-state index < -0.39 is 6.10 Å². The number of aliphatic hydroxyl groups is 1. The highest BCUT2D eigenvalue weighted by atomic mass is 35.5. The van der Waals surface area contributed by atoms with E-state index in [0.29, 0.717) is 9.90 Å². The van der Waals surface area contributed by atoms with Crippen molar-refractivity contribution in [3.63, 3.8) is 0 Å². The molecule has 1 unspecified atom stereocenters. The van der Waals surface area contributed by atoms with Crippen molar-refractivity contribution >= 4 is 38.9 Å². The van der Waals surface area contributed by atoms with Gasteiger partial charge in [-0.25, -0.2) is 0 Å². The molecule has 1 amide bonds. The molecule has 3 nitrogen and oxygen atoms in total. The summed E-state index contributed by atoms with van der Waals surface area (Å²) in [4.78, 5) is 12.3. The zero-order valence-electron chi connectivity index (χ0n) is 9.24. The predicted molar refractivity (Wildman–Crippen MR) is 70.8 cm³/mol. The number of halogens is 1. The summed E-state index contributed by atoms with van der Waals surface area (Å²) in [6.07, 6.45) is -0.563. The van der Waals surface area contributed by atoms with E-state index in [1.165, 1.54) is 11.3 Å². The van der Waals surface area contributed by atoms with Gasteiger partial charge in [0.1, 0.15) is 4.88 Å². The number of amides is 1. The average molecular weight is 270 g/mol. The Morgan fingerprint density at radius 2 is 2.24 bits per heavy atom. The lowest BCUT2D eigenvalue weighted by Gasteiger charge is -2.05. The minimum Gasteiger partial charge on any atom is -0.392 e. The van der Waals surface area contributed by atoms with Crippen molar-refractivity contribution in [2.24, 2.45) is 0 Å². The lowest BCUT2D eigenvalue weighted by molar-refractivity contribution is 0.0928. The fourth-order valence-electron chi connectivity index (χ4n) is 1.48. The third-order valence-corrected chi connectivity index (χ3v) is 3.97. The van der Waals surface area contributed by atoms with Crippen molar-refractivity contribution < 1.29 is 9.90 Å². The van der Waals surface area contributed by atoms with Gasteiger partial charge in [-0.15, -0.1) is 11.3 Å². The van der Waals surface area contributed by atoms with Crippen molar-refractivity contribution in [3.8, 4) is 0 Å². The minimum atomic E-state index is -0.563. The topological polar surface area (TPSA) is 49.3 Å². The highest BCUT2D eigenvalue weighted by Crippen LogP contribution is 2.34. The molecule has 0 aliphatic carbocycles. The van der Waals surface area contributed by atoms with Gasteiger partial charge in [0.15, 0.2) is 0 Å². The van der Waals surface area contributed by atoms with Gasteiger partial charge in [-0.2, -0.15) is 0 Å². The van der Waals surface area contributed by atoms with Crippen LogP contribution in [0.25, 0.3) is 10.1 Å². The second-order valence-corrected chi connectivity index (χ2v) is 5.23. The normalized spacial score (nSPS) is 12.6. The van der Waals surface area contributed by atoms with Gasteiger partial charge < -0.3 is 10.4 Å². The third-order valence-electron chi connectivity index (χ3n) is 2.30. The van der Waals surface area contributed by atoms with Gasteiger partial charge in [0.2, 0.25) is 0 Å². The van der Waals surface area contributed by atoms with Crippen LogP contribution in [0.5, 0.6) is 0 Å². The van der Waals surface area contributed by atoms with Crippen LogP contribution in [-0.2, 0) is 0 Å². The fraction of sp³-hybridized carbons (Fsp3) is 0.250. The monoisotopic (exact) mass is 269 g/mol. The molecule has 2 aromatic rings. The average Bonchev–Trinajstić information content (AvgIpc) is 2.64. The van der Waals surface area contributed by atoms with Gasteiger partial charge in [-0.3, -0.25) is 4.79 Å². The Balaban J connectivity index is 2.29. The van der Waals surface area contributed by atoms with E-state index in [-0.39, 0.29) is 12.5 Å². The molecule has 2 N–H and O–H groups in total. The molecule has 0 saturated carbocycles. The van der Waals surface area contributed by atoms with E-state index >= 15 is 0 Å². The van der Waals surface area contributed by atoms with Crippen LogP contribution in [-0.4, -0.2) is 23.7 Å². The largest absolute Gasteiger partial charge is 0.392 e. The standard InChI is InChI=1S/C12H12ClNO2S/c1-7(15)6-14-12(16)11-10(13)8-4-2-3-5-9(8)17-11/h2-5,7,15H,6H2,1H3,(H,14,16). The number of carbonyl (C=O) groups excluding carboxylic acids is 1.